The molecule has 1 aromatic rings. The molecule has 7 heteroatoms. The van der Waals surface area contributed by atoms with E-state index in [9.17, 15) is 18.4 Å². The van der Waals surface area contributed by atoms with Gasteiger partial charge in [0, 0.05) is 12.6 Å². The highest BCUT2D eigenvalue weighted by Gasteiger charge is 2.27. The molecule has 1 aromatic carbocycles. The first-order valence-electron chi connectivity index (χ1n) is 7.94. The summed E-state index contributed by atoms with van der Waals surface area (Å²) in [6.07, 6.45) is 1.13. The molecule has 3 N–H and O–H groups in total. The number of nitrogens with one attached hydrogen (secondary N) is 2. The molecule has 2 unspecified atom stereocenters. The molecule has 24 heavy (non-hydrogen) atoms. The van der Waals surface area contributed by atoms with E-state index in [2.05, 4.69) is 10.6 Å². The molecule has 0 aliphatic rings. The van der Waals surface area contributed by atoms with Crippen molar-refractivity contribution in [3.63, 3.8) is 0 Å². The quantitative estimate of drug-likeness (QED) is 0.676. The number of aliphatic hydroxyl groups excluding tert-OH is 1. The predicted molar refractivity (Wildman–Crippen MR) is 86.4 cm³/mol. The lowest BCUT2D eigenvalue weighted by Gasteiger charge is -2.24. The molecule has 0 aliphatic carbocycles. The third kappa shape index (κ3) is 5.56. The Kier molecular flexibility index (Phi) is 7.78. The van der Waals surface area contributed by atoms with Gasteiger partial charge in [-0.25, -0.2) is 8.78 Å². The van der Waals surface area contributed by atoms with Crippen molar-refractivity contribution in [3.8, 4) is 0 Å². The molecule has 0 saturated heterocycles. The van der Waals surface area contributed by atoms with E-state index >= 15 is 0 Å². The Morgan fingerprint density at radius 1 is 1.12 bits per heavy atom. The molecule has 5 nitrogen and oxygen atoms in total. The summed E-state index contributed by atoms with van der Waals surface area (Å²) in [7, 11) is 0. The molecule has 0 saturated carbocycles. The maximum Gasteiger partial charge on any atom is 0.257 e. The number of aliphatic hydroxyl groups is 1. The summed E-state index contributed by atoms with van der Waals surface area (Å²) in [4.78, 5) is 24.5. The van der Waals surface area contributed by atoms with Crippen molar-refractivity contribution in [2.45, 2.75) is 45.7 Å². The topological polar surface area (TPSA) is 78.4 Å². The first kappa shape index (κ1) is 20.0. The van der Waals surface area contributed by atoms with Crippen molar-refractivity contribution in [2.24, 2.45) is 5.92 Å². The van der Waals surface area contributed by atoms with Crippen molar-refractivity contribution in [2.75, 3.05) is 6.61 Å². The van der Waals surface area contributed by atoms with Gasteiger partial charge in [0.1, 0.15) is 23.2 Å². The molecule has 2 amide bonds. The summed E-state index contributed by atoms with van der Waals surface area (Å²) in [5.74, 6) is -3.63. The minimum Gasteiger partial charge on any atom is -0.396 e. The van der Waals surface area contributed by atoms with E-state index in [0.717, 1.165) is 18.2 Å². The monoisotopic (exact) mass is 342 g/mol. The summed E-state index contributed by atoms with van der Waals surface area (Å²) in [6.45, 7) is 5.25. The number of hydrogen-bond donors (Lipinski definition) is 3. The molecule has 0 radical (unpaired) electrons. The van der Waals surface area contributed by atoms with Crippen molar-refractivity contribution in [1.29, 1.82) is 0 Å². The second-order valence-corrected chi connectivity index (χ2v) is 6.07. The summed E-state index contributed by atoms with van der Waals surface area (Å²) in [6, 6.07) is 2.02. The number of halogens is 2. The summed E-state index contributed by atoms with van der Waals surface area (Å²) < 4.78 is 27.4. The zero-order chi connectivity index (χ0) is 18.3. The lowest BCUT2D eigenvalue weighted by atomic mass is 10.0. The Morgan fingerprint density at radius 2 is 1.71 bits per heavy atom. The first-order chi connectivity index (χ1) is 11.3. The van der Waals surface area contributed by atoms with Crippen LogP contribution in [0, 0.1) is 17.6 Å². The van der Waals surface area contributed by atoms with Gasteiger partial charge in [0.2, 0.25) is 5.91 Å². The van der Waals surface area contributed by atoms with Gasteiger partial charge in [-0.2, -0.15) is 0 Å². The number of carbonyl (C=O) groups is 2. The highest BCUT2D eigenvalue weighted by Crippen LogP contribution is 2.13. The SMILES string of the molecule is CC(CCCO)NC(=O)C(NC(=O)c1c(F)cccc1F)C(C)C. The number of rotatable bonds is 8. The lowest BCUT2D eigenvalue weighted by Crippen LogP contribution is -2.51. The summed E-state index contributed by atoms with van der Waals surface area (Å²) in [5, 5.41) is 13.9. The van der Waals surface area contributed by atoms with Crippen LogP contribution in [0.2, 0.25) is 0 Å². The molecule has 0 spiro atoms. The van der Waals surface area contributed by atoms with E-state index in [-0.39, 0.29) is 18.6 Å². The molecule has 0 aliphatic heterocycles. The maximum atomic E-state index is 13.7. The van der Waals surface area contributed by atoms with Gasteiger partial charge in [0.25, 0.3) is 5.91 Å². The van der Waals surface area contributed by atoms with Gasteiger partial charge < -0.3 is 15.7 Å². The number of benzene rings is 1. The molecule has 2 atom stereocenters. The fourth-order valence-corrected chi connectivity index (χ4v) is 2.27. The van der Waals surface area contributed by atoms with E-state index in [0.29, 0.717) is 12.8 Å². The lowest BCUT2D eigenvalue weighted by molar-refractivity contribution is -0.124. The van der Waals surface area contributed by atoms with Gasteiger partial charge in [-0.05, 0) is 37.8 Å². The average molecular weight is 342 g/mol. The first-order valence-corrected chi connectivity index (χ1v) is 7.94. The normalized spacial score (nSPS) is 13.5. The van der Waals surface area contributed by atoms with Gasteiger partial charge in [-0.1, -0.05) is 19.9 Å². The molecule has 134 valence electrons. The Bertz CT molecular complexity index is 559. The van der Waals surface area contributed by atoms with Crippen molar-refractivity contribution in [3.05, 3.63) is 35.4 Å². The number of hydrogen-bond acceptors (Lipinski definition) is 3. The third-order valence-corrected chi connectivity index (χ3v) is 3.61. The molecular formula is C17H24F2N2O3. The summed E-state index contributed by atoms with van der Waals surface area (Å²) in [5.41, 5.74) is -0.704. The Balaban J connectivity index is 2.82. The van der Waals surface area contributed by atoms with Crippen LogP contribution >= 0.6 is 0 Å². The van der Waals surface area contributed by atoms with Crippen molar-refractivity contribution < 1.29 is 23.5 Å². The largest absolute Gasteiger partial charge is 0.396 e. The predicted octanol–water partition coefficient (Wildman–Crippen LogP) is 2.00. The standard InChI is InChI=1S/C17H24F2N2O3/c1-10(2)15(17(24)20-11(3)6-5-9-22)21-16(23)14-12(18)7-4-8-13(14)19/h4,7-8,10-11,15,22H,5-6,9H2,1-3H3,(H,20,24)(H,21,23). The minimum absolute atomic E-state index is 0.0249. The van der Waals surface area contributed by atoms with Crippen LogP contribution in [0.1, 0.15) is 44.0 Å². The van der Waals surface area contributed by atoms with E-state index in [1.165, 1.54) is 0 Å². The Labute approximate surface area is 140 Å². The van der Waals surface area contributed by atoms with Gasteiger partial charge >= 0.3 is 0 Å². The van der Waals surface area contributed by atoms with Gasteiger partial charge in [0.05, 0.1) is 0 Å². The number of carbonyl (C=O) groups excluding carboxylic acids is 2. The smallest absolute Gasteiger partial charge is 0.257 e. The van der Waals surface area contributed by atoms with E-state index in [1.54, 1.807) is 20.8 Å². The average Bonchev–Trinajstić information content (AvgIpc) is 2.49. The zero-order valence-electron chi connectivity index (χ0n) is 14.1. The highest BCUT2D eigenvalue weighted by atomic mass is 19.1. The van der Waals surface area contributed by atoms with E-state index < -0.39 is 35.1 Å². The van der Waals surface area contributed by atoms with Gasteiger partial charge in [-0.3, -0.25) is 9.59 Å². The van der Waals surface area contributed by atoms with Crippen LogP contribution in [0.3, 0.4) is 0 Å². The van der Waals surface area contributed by atoms with E-state index in [1.807, 2.05) is 0 Å². The van der Waals surface area contributed by atoms with Crippen LogP contribution in [0.5, 0.6) is 0 Å². The molecule has 0 heterocycles. The van der Waals surface area contributed by atoms with Crippen LogP contribution < -0.4 is 10.6 Å². The summed E-state index contributed by atoms with van der Waals surface area (Å²) >= 11 is 0. The van der Waals surface area contributed by atoms with Gasteiger partial charge in [-0.15, -0.1) is 0 Å². The molecule has 0 fully saturated rings. The van der Waals surface area contributed by atoms with Crippen LogP contribution in [0.4, 0.5) is 8.78 Å². The second-order valence-electron chi connectivity index (χ2n) is 6.07. The fourth-order valence-electron chi connectivity index (χ4n) is 2.27. The second kappa shape index (κ2) is 9.32. The maximum absolute atomic E-state index is 13.7. The molecular weight excluding hydrogens is 318 g/mol. The number of amides is 2. The Hall–Kier alpha value is -2.02. The van der Waals surface area contributed by atoms with Gasteiger partial charge in [0.15, 0.2) is 0 Å². The van der Waals surface area contributed by atoms with Crippen LogP contribution in [-0.4, -0.2) is 35.6 Å². The zero-order valence-corrected chi connectivity index (χ0v) is 14.1. The van der Waals surface area contributed by atoms with Crippen LogP contribution in [-0.2, 0) is 4.79 Å². The fraction of sp³-hybridized carbons (Fsp3) is 0.529. The highest BCUT2D eigenvalue weighted by molar-refractivity contribution is 5.98. The minimum atomic E-state index is -0.980. The van der Waals surface area contributed by atoms with Crippen LogP contribution in [0.15, 0.2) is 18.2 Å². The molecule has 0 aromatic heterocycles. The van der Waals surface area contributed by atoms with Crippen molar-refractivity contribution in [1.82, 2.24) is 10.6 Å². The van der Waals surface area contributed by atoms with Crippen LogP contribution in [0.25, 0.3) is 0 Å². The molecule has 1 rings (SSSR count). The third-order valence-electron chi connectivity index (χ3n) is 3.61. The van der Waals surface area contributed by atoms with Crippen molar-refractivity contribution >= 4 is 11.8 Å². The molecule has 0 bridgehead atoms. The Morgan fingerprint density at radius 3 is 2.21 bits per heavy atom. The van der Waals surface area contributed by atoms with E-state index in [4.69, 9.17) is 5.11 Å².